The molecule has 62 valence electrons. The van der Waals surface area contributed by atoms with Crippen LogP contribution in [0.25, 0.3) is 5.57 Å². The summed E-state index contributed by atoms with van der Waals surface area (Å²) in [6.45, 7) is 0. The first-order valence-corrected chi connectivity index (χ1v) is 4.20. The van der Waals surface area contributed by atoms with Gasteiger partial charge in [-0.05, 0) is 18.4 Å². The minimum absolute atomic E-state index is 1.11. The van der Waals surface area contributed by atoms with Gasteiger partial charge in [-0.25, -0.2) is 4.98 Å². The van der Waals surface area contributed by atoms with E-state index in [0.717, 1.165) is 18.5 Å². The SMILES string of the molecule is Cn1cnc(C2=CC=CCC2)c1. The molecule has 0 spiro atoms. The summed E-state index contributed by atoms with van der Waals surface area (Å²) < 4.78 is 1.98. The van der Waals surface area contributed by atoms with Crippen LogP contribution in [0.1, 0.15) is 18.5 Å². The van der Waals surface area contributed by atoms with Crippen LogP contribution >= 0.6 is 0 Å². The van der Waals surface area contributed by atoms with Crippen LogP contribution in [0.2, 0.25) is 0 Å². The number of hydrogen-bond acceptors (Lipinski definition) is 1. The van der Waals surface area contributed by atoms with Gasteiger partial charge in [0, 0.05) is 13.2 Å². The fraction of sp³-hybridized carbons (Fsp3) is 0.300. The molecule has 1 aliphatic carbocycles. The third kappa shape index (κ3) is 1.33. The topological polar surface area (TPSA) is 17.8 Å². The Hall–Kier alpha value is -1.31. The minimum atomic E-state index is 1.11. The van der Waals surface area contributed by atoms with Gasteiger partial charge >= 0.3 is 0 Å². The molecule has 12 heavy (non-hydrogen) atoms. The monoisotopic (exact) mass is 160 g/mol. The third-order valence-corrected chi connectivity index (χ3v) is 2.05. The van der Waals surface area contributed by atoms with Crippen molar-refractivity contribution in [1.29, 1.82) is 0 Å². The Kier molecular flexibility index (Phi) is 1.82. The molecule has 0 aliphatic heterocycles. The summed E-state index contributed by atoms with van der Waals surface area (Å²) in [4.78, 5) is 4.30. The molecule has 0 atom stereocenters. The molecule has 0 aromatic carbocycles. The van der Waals surface area contributed by atoms with Gasteiger partial charge in [0.25, 0.3) is 0 Å². The molecule has 2 nitrogen and oxygen atoms in total. The molecule has 0 radical (unpaired) electrons. The Balaban J connectivity index is 2.30. The van der Waals surface area contributed by atoms with E-state index in [1.54, 1.807) is 0 Å². The molecule has 2 rings (SSSR count). The van der Waals surface area contributed by atoms with Crippen LogP contribution in [0.5, 0.6) is 0 Å². The number of hydrogen-bond donors (Lipinski definition) is 0. The number of nitrogens with zero attached hydrogens (tertiary/aromatic N) is 2. The molecule has 1 aliphatic rings. The van der Waals surface area contributed by atoms with Crippen molar-refractivity contribution >= 4 is 5.57 Å². The van der Waals surface area contributed by atoms with E-state index in [1.807, 2.05) is 17.9 Å². The van der Waals surface area contributed by atoms with E-state index in [-0.39, 0.29) is 0 Å². The van der Waals surface area contributed by atoms with Gasteiger partial charge in [-0.15, -0.1) is 0 Å². The maximum atomic E-state index is 4.30. The van der Waals surface area contributed by atoms with E-state index in [9.17, 15) is 0 Å². The van der Waals surface area contributed by atoms with Crippen molar-refractivity contribution in [3.8, 4) is 0 Å². The summed E-state index contributed by atoms with van der Waals surface area (Å²) in [5.74, 6) is 0. The highest BCUT2D eigenvalue weighted by Gasteiger charge is 2.04. The van der Waals surface area contributed by atoms with Crippen LogP contribution in [0.15, 0.2) is 30.8 Å². The van der Waals surface area contributed by atoms with E-state index in [4.69, 9.17) is 0 Å². The lowest BCUT2D eigenvalue weighted by Crippen LogP contribution is -1.87. The van der Waals surface area contributed by atoms with E-state index in [1.165, 1.54) is 5.57 Å². The quantitative estimate of drug-likeness (QED) is 0.615. The van der Waals surface area contributed by atoms with Crippen LogP contribution in [0.4, 0.5) is 0 Å². The summed E-state index contributed by atoms with van der Waals surface area (Å²) in [5.41, 5.74) is 2.46. The maximum absolute atomic E-state index is 4.30. The summed E-state index contributed by atoms with van der Waals surface area (Å²) in [7, 11) is 2.00. The molecular formula is C10H12N2. The molecule has 0 N–H and O–H groups in total. The van der Waals surface area contributed by atoms with Crippen LogP contribution in [-0.4, -0.2) is 9.55 Å². The van der Waals surface area contributed by atoms with Crippen molar-refractivity contribution in [3.05, 3.63) is 36.4 Å². The van der Waals surface area contributed by atoms with Crippen molar-refractivity contribution in [1.82, 2.24) is 9.55 Å². The van der Waals surface area contributed by atoms with Crippen molar-refractivity contribution in [3.63, 3.8) is 0 Å². The highest BCUT2D eigenvalue weighted by Crippen LogP contribution is 2.21. The maximum Gasteiger partial charge on any atom is 0.0951 e. The lowest BCUT2D eigenvalue weighted by atomic mass is 10.0. The lowest BCUT2D eigenvalue weighted by Gasteiger charge is -2.04. The second-order valence-electron chi connectivity index (χ2n) is 3.08. The highest BCUT2D eigenvalue weighted by molar-refractivity contribution is 5.64. The van der Waals surface area contributed by atoms with Crippen molar-refractivity contribution in [2.24, 2.45) is 7.05 Å². The van der Waals surface area contributed by atoms with Crippen molar-refractivity contribution in [2.75, 3.05) is 0 Å². The van der Waals surface area contributed by atoms with Gasteiger partial charge < -0.3 is 4.57 Å². The first kappa shape index (κ1) is 7.35. The first-order valence-electron chi connectivity index (χ1n) is 4.20. The Bertz CT molecular complexity index is 331. The van der Waals surface area contributed by atoms with E-state index in [2.05, 4.69) is 29.4 Å². The smallest absolute Gasteiger partial charge is 0.0951 e. The Morgan fingerprint density at radius 3 is 3.00 bits per heavy atom. The van der Waals surface area contributed by atoms with Gasteiger partial charge in [-0.3, -0.25) is 0 Å². The number of aromatic nitrogens is 2. The summed E-state index contributed by atoms with van der Waals surface area (Å²) in [6, 6.07) is 0. The van der Waals surface area contributed by atoms with Gasteiger partial charge in [0.1, 0.15) is 0 Å². The minimum Gasteiger partial charge on any atom is -0.340 e. The zero-order chi connectivity index (χ0) is 8.39. The summed E-state index contributed by atoms with van der Waals surface area (Å²) in [5, 5.41) is 0. The average molecular weight is 160 g/mol. The second kappa shape index (κ2) is 2.97. The number of rotatable bonds is 1. The van der Waals surface area contributed by atoms with E-state index >= 15 is 0 Å². The zero-order valence-electron chi connectivity index (χ0n) is 7.20. The molecule has 0 saturated carbocycles. The van der Waals surface area contributed by atoms with Crippen LogP contribution in [0, 0.1) is 0 Å². The highest BCUT2D eigenvalue weighted by atomic mass is 15.0. The fourth-order valence-electron chi connectivity index (χ4n) is 1.39. The van der Waals surface area contributed by atoms with Crippen LogP contribution in [0.3, 0.4) is 0 Å². The molecule has 0 fully saturated rings. The molecule has 0 unspecified atom stereocenters. The molecule has 2 heteroatoms. The number of allylic oxidation sites excluding steroid dienone is 4. The molecular weight excluding hydrogens is 148 g/mol. The second-order valence-corrected chi connectivity index (χ2v) is 3.08. The summed E-state index contributed by atoms with van der Waals surface area (Å²) in [6.07, 6.45) is 12.6. The molecule has 0 saturated heterocycles. The number of aryl methyl sites for hydroxylation is 1. The molecule has 0 amide bonds. The van der Waals surface area contributed by atoms with Gasteiger partial charge in [-0.2, -0.15) is 0 Å². The molecule has 1 heterocycles. The normalized spacial score (nSPS) is 16.2. The Morgan fingerprint density at radius 2 is 2.42 bits per heavy atom. The molecule has 0 bridgehead atoms. The standard InChI is InChI=1S/C10H12N2/c1-12-7-10(11-8-12)9-5-3-2-4-6-9/h2-3,5,7-8H,4,6H2,1H3. The van der Waals surface area contributed by atoms with Crippen molar-refractivity contribution in [2.45, 2.75) is 12.8 Å². The lowest BCUT2D eigenvalue weighted by molar-refractivity contribution is 0.913. The summed E-state index contributed by atoms with van der Waals surface area (Å²) >= 11 is 0. The fourth-order valence-corrected chi connectivity index (χ4v) is 1.39. The van der Waals surface area contributed by atoms with Crippen LogP contribution < -0.4 is 0 Å². The third-order valence-electron chi connectivity index (χ3n) is 2.05. The molecule has 1 aromatic heterocycles. The van der Waals surface area contributed by atoms with Gasteiger partial charge in [-0.1, -0.05) is 18.2 Å². The molecule has 1 aromatic rings. The van der Waals surface area contributed by atoms with E-state index in [0.29, 0.717) is 0 Å². The average Bonchev–Trinajstić information content (AvgIpc) is 2.54. The van der Waals surface area contributed by atoms with Gasteiger partial charge in [0.05, 0.1) is 12.0 Å². The Labute approximate surface area is 72.2 Å². The predicted octanol–water partition coefficient (Wildman–Crippen LogP) is 2.15. The van der Waals surface area contributed by atoms with Gasteiger partial charge in [0.2, 0.25) is 0 Å². The van der Waals surface area contributed by atoms with Gasteiger partial charge in [0.15, 0.2) is 0 Å². The van der Waals surface area contributed by atoms with Crippen molar-refractivity contribution < 1.29 is 0 Å². The number of imidazole rings is 1. The predicted molar refractivity (Wildman–Crippen MR) is 49.6 cm³/mol. The Morgan fingerprint density at radius 1 is 1.50 bits per heavy atom. The largest absolute Gasteiger partial charge is 0.340 e. The van der Waals surface area contributed by atoms with E-state index < -0.39 is 0 Å². The van der Waals surface area contributed by atoms with Crippen LogP contribution in [-0.2, 0) is 7.05 Å². The first-order chi connectivity index (χ1) is 5.86. The zero-order valence-corrected chi connectivity index (χ0v) is 7.20.